The Kier molecular flexibility index (Phi) is 5.65. The number of fused-ring (bicyclic) bond motifs is 1. The number of benzene rings is 2. The number of piperazine rings is 1. The number of nitro benzene ring substituents is 1. The van der Waals surface area contributed by atoms with Crippen LogP contribution in [0.1, 0.15) is 15.2 Å². The van der Waals surface area contributed by atoms with E-state index in [0.717, 1.165) is 10.4 Å². The van der Waals surface area contributed by atoms with Crippen molar-refractivity contribution in [2.24, 2.45) is 0 Å². The molecule has 1 fully saturated rings. The van der Waals surface area contributed by atoms with Crippen LogP contribution < -0.4 is 4.90 Å². The Hall–Kier alpha value is -3.04. The minimum Gasteiger partial charge on any atom is -0.380 e. The van der Waals surface area contributed by atoms with Crippen molar-refractivity contribution in [2.75, 3.05) is 38.2 Å². The third kappa shape index (κ3) is 3.73. The summed E-state index contributed by atoms with van der Waals surface area (Å²) in [6.45, 7) is 2.24. The van der Waals surface area contributed by atoms with Crippen LogP contribution in [0.2, 0.25) is 0 Å². The van der Waals surface area contributed by atoms with E-state index in [4.69, 9.17) is 4.74 Å². The molecule has 3 aromatic rings. The molecule has 0 bridgehead atoms. The van der Waals surface area contributed by atoms with Crippen molar-refractivity contribution in [1.29, 1.82) is 0 Å². The van der Waals surface area contributed by atoms with Crippen LogP contribution in [0, 0.1) is 15.9 Å². The summed E-state index contributed by atoms with van der Waals surface area (Å²) >= 11 is 1.28. The summed E-state index contributed by atoms with van der Waals surface area (Å²) in [7, 11) is 1.52. The second-order valence-corrected chi connectivity index (χ2v) is 8.06. The van der Waals surface area contributed by atoms with Gasteiger partial charge in [-0.1, -0.05) is 12.1 Å². The molecule has 0 radical (unpaired) electrons. The number of methoxy groups -OCH3 is 1. The fraction of sp³-hybridized carbons (Fsp3) is 0.286. The minimum atomic E-state index is -0.415. The monoisotopic (exact) mass is 429 g/mol. The van der Waals surface area contributed by atoms with Crippen molar-refractivity contribution in [1.82, 2.24) is 4.90 Å². The van der Waals surface area contributed by atoms with Crippen molar-refractivity contribution in [3.05, 3.63) is 68.8 Å². The van der Waals surface area contributed by atoms with Crippen LogP contribution in [-0.4, -0.2) is 49.0 Å². The zero-order valence-corrected chi connectivity index (χ0v) is 17.2. The Morgan fingerprint density at radius 1 is 1.20 bits per heavy atom. The molecule has 30 heavy (non-hydrogen) atoms. The normalized spacial score (nSPS) is 14.3. The molecule has 0 atom stereocenters. The van der Waals surface area contributed by atoms with Gasteiger partial charge in [-0.05, 0) is 18.2 Å². The number of nitrogens with zero attached hydrogens (tertiary/aromatic N) is 3. The van der Waals surface area contributed by atoms with E-state index in [-0.39, 0.29) is 24.0 Å². The fourth-order valence-corrected chi connectivity index (χ4v) is 4.93. The molecule has 156 valence electrons. The average molecular weight is 429 g/mol. The second-order valence-electron chi connectivity index (χ2n) is 7.01. The predicted molar refractivity (Wildman–Crippen MR) is 114 cm³/mol. The lowest BCUT2D eigenvalue weighted by Crippen LogP contribution is -2.48. The topological polar surface area (TPSA) is 75.9 Å². The molecule has 1 aliphatic rings. The van der Waals surface area contributed by atoms with Gasteiger partial charge >= 0.3 is 0 Å². The van der Waals surface area contributed by atoms with E-state index in [2.05, 4.69) is 0 Å². The molecule has 0 saturated carbocycles. The summed E-state index contributed by atoms with van der Waals surface area (Å²) in [6.07, 6.45) is 0. The molecule has 1 aliphatic heterocycles. The lowest BCUT2D eigenvalue weighted by molar-refractivity contribution is -0.384. The maximum absolute atomic E-state index is 14.4. The molecular weight excluding hydrogens is 409 g/mol. The Bertz CT molecular complexity index is 1110. The lowest BCUT2D eigenvalue weighted by atomic mass is 10.1. The van der Waals surface area contributed by atoms with Gasteiger partial charge in [-0.3, -0.25) is 14.9 Å². The number of carbonyl (C=O) groups is 1. The SMILES string of the molecule is COCc1c(C(=O)N2CCN(c3cccc([N+](=O)[O-])c3)CC2)sc2cccc(F)c12. The molecule has 7 nitrogen and oxygen atoms in total. The molecule has 1 saturated heterocycles. The van der Waals surface area contributed by atoms with E-state index in [9.17, 15) is 19.3 Å². The summed E-state index contributed by atoms with van der Waals surface area (Å²) in [4.78, 5) is 28.1. The van der Waals surface area contributed by atoms with Gasteiger partial charge in [0.25, 0.3) is 11.6 Å². The number of carbonyl (C=O) groups excluding carboxylic acids is 1. The second kappa shape index (κ2) is 8.37. The highest BCUT2D eigenvalue weighted by molar-refractivity contribution is 7.21. The van der Waals surface area contributed by atoms with Gasteiger partial charge in [-0.25, -0.2) is 4.39 Å². The first kappa shape index (κ1) is 20.2. The van der Waals surface area contributed by atoms with Gasteiger partial charge in [-0.15, -0.1) is 11.3 Å². The molecule has 0 aliphatic carbocycles. The summed E-state index contributed by atoms with van der Waals surface area (Å²) in [5.41, 5.74) is 1.39. The smallest absolute Gasteiger partial charge is 0.271 e. The van der Waals surface area contributed by atoms with E-state index in [0.29, 0.717) is 42.0 Å². The summed E-state index contributed by atoms with van der Waals surface area (Å²) in [5.74, 6) is -0.494. The van der Waals surface area contributed by atoms with Crippen LogP contribution >= 0.6 is 11.3 Å². The van der Waals surface area contributed by atoms with Crippen molar-refractivity contribution < 1.29 is 18.8 Å². The van der Waals surface area contributed by atoms with Crippen molar-refractivity contribution in [3.63, 3.8) is 0 Å². The Morgan fingerprint density at radius 3 is 2.63 bits per heavy atom. The van der Waals surface area contributed by atoms with Crippen molar-refractivity contribution in [2.45, 2.75) is 6.61 Å². The first-order valence-electron chi connectivity index (χ1n) is 9.47. The van der Waals surface area contributed by atoms with E-state index >= 15 is 0 Å². The number of amides is 1. The van der Waals surface area contributed by atoms with Crippen LogP contribution in [0.5, 0.6) is 0 Å². The number of halogens is 1. The van der Waals surface area contributed by atoms with Crippen molar-refractivity contribution in [3.8, 4) is 0 Å². The molecule has 0 N–H and O–H groups in total. The van der Waals surface area contributed by atoms with E-state index in [1.807, 2.05) is 11.0 Å². The maximum atomic E-state index is 14.4. The Morgan fingerprint density at radius 2 is 1.93 bits per heavy atom. The highest BCUT2D eigenvalue weighted by atomic mass is 32.1. The van der Waals surface area contributed by atoms with E-state index < -0.39 is 4.92 Å². The van der Waals surface area contributed by atoms with Crippen LogP contribution in [0.25, 0.3) is 10.1 Å². The van der Waals surface area contributed by atoms with Crippen LogP contribution in [0.3, 0.4) is 0 Å². The van der Waals surface area contributed by atoms with Gasteiger partial charge in [0.2, 0.25) is 0 Å². The predicted octanol–water partition coefficient (Wildman–Crippen LogP) is 4.06. The molecule has 0 spiro atoms. The number of rotatable bonds is 5. The summed E-state index contributed by atoms with van der Waals surface area (Å²) in [6, 6.07) is 11.3. The van der Waals surface area contributed by atoms with Gasteiger partial charge < -0.3 is 14.5 Å². The number of anilines is 1. The molecule has 9 heteroatoms. The molecule has 2 heterocycles. The fourth-order valence-electron chi connectivity index (χ4n) is 3.74. The molecule has 1 aromatic heterocycles. The lowest BCUT2D eigenvalue weighted by Gasteiger charge is -2.36. The van der Waals surface area contributed by atoms with Gasteiger partial charge in [-0.2, -0.15) is 0 Å². The quantitative estimate of drug-likeness (QED) is 0.452. The highest BCUT2D eigenvalue weighted by Crippen LogP contribution is 2.35. The number of hydrogen-bond acceptors (Lipinski definition) is 6. The minimum absolute atomic E-state index is 0.0440. The molecular formula is C21H20FN3O4S. The highest BCUT2D eigenvalue weighted by Gasteiger charge is 2.27. The molecule has 2 aromatic carbocycles. The Labute approximate surface area is 176 Å². The van der Waals surface area contributed by atoms with Crippen molar-refractivity contribution >= 4 is 38.7 Å². The van der Waals surface area contributed by atoms with Gasteiger partial charge in [0.1, 0.15) is 5.82 Å². The first-order chi connectivity index (χ1) is 14.5. The standard InChI is InChI=1S/C21H20FN3O4S/c1-29-13-16-19-17(22)6-3-7-18(19)30-20(16)21(26)24-10-8-23(9-11-24)14-4-2-5-15(12-14)25(27)28/h2-7,12H,8-11,13H2,1H3. The summed E-state index contributed by atoms with van der Waals surface area (Å²) < 4.78 is 20.4. The number of ether oxygens (including phenoxy) is 1. The van der Waals surface area contributed by atoms with E-state index in [1.54, 1.807) is 29.2 Å². The first-order valence-corrected chi connectivity index (χ1v) is 10.3. The number of nitro groups is 1. The van der Waals surface area contributed by atoms with E-state index in [1.165, 1.54) is 30.6 Å². The zero-order chi connectivity index (χ0) is 21.3. The Balaban J connectivity index is 1.54. The maximum Gasteiger partial charge on any atom is 0.271 e. The van der Waals surface area contributed by atoms with Crippen LogP contribution in [0.15, 0.2) is 42.5 Å². The summed E-state index contributed by atoms with van der Waals surface area (Å²) in [5, 5.41) is 11.5. The van der Waals surface area contributed by atoms with Gasteiger partial charge in [0.15, 0.2) is 0 Å². The molecule has 1 amide bonds. The van der Waals surface area contributed by atoms with Gasteiger partial charge in [0.05, 0.1) is 16.4 Å². The third-order valence-corrected chi connectivity index (χ3v) is 6.40. The largest absolute Gasteiger partial charge is 0.380 e. The van der Waals surface area contributed by atoms with Crippen LogP contribution in [-0.2, 0) is 11.3 Å². The van der Waals surface area contributed by atoms with Crippen LogP contribution in [0.4, 0.5) is 15.8 Å². The number of hydrogen-bond donors (Lipinski definition) is 0. The number of thiophene rings is 1. The zero-order valence-electron chi connectivity index (χ0n) is 16.3. The molecule has 4 rings (SSSR count). The van der Waals surface area contributed by atoms with Gasteiger partial charge in [0, 0.05) is 66.8 Å². The third-order valence-electron chi connectivity index (χ3n) is 5.22. The average Bonchev–Trinajstić information content (AvgIpc) is 3.13. The molecule has 0 unspecified atom stereocenters. The number of non-ortho nitro benzene ring substituents is 1.